The summed E-state index contributed by atoms with van der Waals surface area (Å²) in [7, 11) is 0. The van der Waals surface area contributed by atoms with E-state index in [0.29, 0.717) is 32.6 Å². The van der Waals surface area contributed by atoms with Gasteiger partial charge in [-0.05, 0) is 28.7 Å². The van der Waals surface area contributed by atoms with Crippen LogP contribution in [0.15, 0.2) is 121 Å². The number of amides is 1. The zero-order chi connectivity index (χ0) is 29.9. The molecule has 0 bridgehead atoms. The summed E-state index contributed by atoms with van der Waals surface area (Å²) in [5.74, 6) is -0.527. The Bertz CT molecular complexity index is 1380. The third-order valence-electron chi connectivity index (χ3n) is 7.91. The first-order valence-corrected chi connectivity index (χ1v) is 14.8. The molecular formula is C36H39N3O4. The smallest absolute Gasteiger partial charge is 0.320 e. The molecule has 0 radical (unpaired) electrons. The van der Waals surface area contributed by atoms with Gasteiger partial charge in [-0.1, -0.05) is 121 Å². The zero-order valence-corrected chi connectivity index (χ0v) is 24.3. The SMILES string of the molecule is O=C(CN1CCNC(=O)C1CC(C(O)c1ccccc1)N(Cc1ccccc1)Cc1ccccc1)OCc1ccccc1. The van der Waals surface area contributed by atoms with Crippen molar-refractivity contribution in [3.8, 4) is 0 Å². The average molecular weight is 578 g/mol. The fourth-order valence-electron chi connectivity index (χ4n) is 5.66. The normalized spacial score (nSPS) is 16.8. The number of aliphatic hydroxyl groups excluding tert-OH is 1. The van der Waals surface area contributed by atoms with E-state index in [2.05, 4.69) is 34.5 Å². The predicted octanol–water partition coefficient (Wildman–Crippen LogP) is 4.72. The van der Waals surface area contributed by atoms with E-state index in [-0.39, 0.29) is 25.0 Å². The molecule has 4 aromatic rings. The number of hydrogen-bond donors (Lipinski definition) is 2. The van der Waals surface area contributed by atoms with Crippen molar-refractivity contribution in [2.45, 2.75) is 44.3 Å². The summed E-state index contributed by atoms with van der Waals surface area (Å²) in [6.07, 6.45) is -0.539. The summed E-state index contributed by atoms with van der Waals surface area (Å²) >= 11 is 0. The van der Waals surface area contributed by atoms with Crippen LogP contribution in [0.25, 0.3) is 0 Å². The number of piperazine rings is 1. The van der Waals surface area contributed by atoms with Gasteiger partial charge in [-0.25, -0.2) is 0 Å². The molecule has 0 saturated carbocycles. The monoisotopic (exact) mass is 577 g/mol. The highest BCUT2D eigenvalue weighted by atomic mass is 16.5. The Morgan fingerprint density at radius 3 is 1.88 bits per heavy atom. The molecule has 5 rings (SSSR count). The lowest BCUT2D eigenvalue weighted by atomic mass is 9.92. The fraction of sp³-hybridized carbons (Fsp3) is 0.278. The first kappa shape index (κ1) is 30.2. The van der Waals surface area contributed by atoms with Crippen molar-refractivity contribution in [1.29, 1.82) is 0 Å². The second-order valence-electron chi connectivity index (χ2n) is 11.0. The number of nitrogens with one attached hydrogen (secondary N) is 1. The summed E-state index contributed by atoms with van der Waals surface area (Å²) in [4.78, 5) is 30.5. The number of hydrogen-bond acceptors (Lipinski definition) is 6. The standard InChI is InChI=1S/C36H39N3O4/c40-34(43-27-30-17-9-3-10-18-30)26-38-22-21-37-36(42)33(38)23-32(35(41)31-19-11-4-12-20-31)39(24-28-13-5-1-6-14-28)25-29-15-7-2-8-16-29/h1-20,32-33,35,41H,21-27H2,(H,37,42). The molecule has 2 N–H and O–H groups in total. The van der Waals surface area contributed by atoms with Gasteiger partial charge in [0.15, 0.2) is 0 Å². The Morgan fingerprint density at radius 2 is 1.33 bits per heavy atom. The first-order valence-electron chi connectivity index (χ1n) is 14.8. The molecule has 7 heteroatoms. The minimum Gasteiger partial charge on any atom is -0.460 e. The predicted molar refractivity (Wildman–Crippen MR) is 167 cm³/mol. The van der Waals surface area contributed by atoms with E-state index in [4.69, 9.17) is 4.74 Å². The van der Waals surface area contributed by atoms with Crippen molar-refractivity contribution >= 4 is 11.9 Å². The third kappa shape index (κ3) is 8.61. The molecule has 1 saturated heterocycles. The second kappa shape index (κ2) is 15.3. The number of aliphatic hydroxyl groups is 1. The molecule has 1 fully saturated rings. The maximum atomic E-state index is 13.4. The number of benzene rings is 4. The number of ether oxygens (including phenoxy) is 1. The average Bonchev–Trinajstić information content (AvgIpc) is 3.05. The van der Waals surface area contributed by atoms with Crippen LogP contribution in [-0.4, -0.2) is 58.5 Å². The maximum absolute atomic E-state index is 13.4. The summed E-state index contributed by atoms with van der Waals surface area (Å²) in [5, 5.41) is 14.9. The van der Waals surface area contributed by atoms with Gasteiger partial charge in [-0.15, -0.1) is 0 Å². The lowest BCUT2D eigenvalue weighted by molar-refractivity contribution is -0.148. The number of esters is 1. The minimum absolute atomic E-state index is 0.00353. The fourth-order valence-corrected chi connectivity index (χ4v) is 5.66. The van der Waals surface area contributed by atoms with Crippen molar-refractivity contribution in [2.24, 2.45) is 0 Å². The molecule has 43 heavy (non-hydrogen) atoms. The Labute approximate surface area is 253 Å². The molecular weight excluding hydrogens is 538 g/mol. The van der Waals surface area contributed by atoms with E-state index in [0.717, 1.165) is 22.3 Å². The van der Waals surface area contributed by atoms with Crippen LogP contribution in [0.5, 0.6) is 0 Å². The highest BCUT2D eigenvalue weighted by Gasteiger charge is 2.38. The summed E-state index contributed by atoms with van der Waals surface area (Å²) in [6.45, 7) is 2.31. The Morgan fingerprint density at radius 1 is 0.814 bits per heavy atom. The lowest BCUT2D eigenvalue weighted by Crippen LogP contribution is -2.58. The van der Waals surface area contributed by atoms with Crippen molar-refractivity contribution < 1.29 is 19.4 Å². The van der Waals surface area contributed by atoms with E-state index >= 15 is 0 Å². The van der Waals surface area contributed by atoms with Gasteiger partial charge >= 0.3 is 5.97 Å². The van der Waals surface area contributed by atoms with Gasteiger partial charge < -0.3 is 15.2 Å². The van der Waals surface area contributed by atoms with Crippen LogP contribution < -0.4 is 5.32 Å². The van der Waals surface area contributed by atoms with Crippen LogP contribution in [0.2, 0.25) is 0 Å². The van der Waals surface area contributed by atoms with Crippen molar-refractivity contribution in [1.82, 2.24) is 15.1 Å². The molecule has 0 aliphatic carbocycles. The maximum Gasteiger partial charge on any atom is 0.320 e. The summed E-state index contributed by atoms with van der Waals surface area (Å²) in [6, 6.07) is 38.4. The van der Waals surface area contributed by atoms with Gasteiger partial charge in [0, 0.05) is 32.2 Å². The van der Waals surface area contributed by atoms with E-state index in [9.17, 15) is 14.7 Å². The molecule has 222 valence electrons. The molecule has 0 aromatic heterocycles. The van der Waals surface area contributed by atoms with Crippen LogP contribution in [0, 0.1) is 0 Å². The minimum atomic E-state index is -0.866. The van der Waals surface area contributed by atoms with Crippen LogP contribution in [0.3, 0.4) is 0 Å². The first-order chi connectivity index (χ1) is 21.1. The topological polar surface area (TPSA) is 82.1 Å². The Kier molecular flexibility index (Phi) is 10.7. The molecule has 3 unspecified atom stereocenters. The highest BCUT2D eigenvalue weighted by molar-refractivity contribution is 5.83. The van der Waals surface area contributed by atoms with Crippen molar-refractivity contribution in [2.75, 3.05) is 19.6 Å². The van der Waals surface area contributed by atoms with E-state index < -0.39 is 18.2 Å². The number of nitrogens with zero attached hydrogens (tertiary/aromatic N) is 2. The largest absolute Gasteiger partial charge is 0.460 e. The van der Waals surface area contributed by atoms with Crippen LogP contribution in [0.1, 0.15) is 34.8 Å². The molecule has 3 atom stereocenters. The molecule has 1 heterocycles. The zero-order valence-electron chi connectivity index (χ0n) is 24.3. The lowest BCUT2D eigenvalue weighted by Gasteiger charge is -2.41. The molecule has 1 aliphatic heterocycles. The Hall–Kier alpha value is -4.30. The second-order valence-corrected chi connectivity index (χ2v) is 11.0. The Balaban J connectivity index is 1.41. The quantitative estimate of drug-likeness (QED) is 0.224. The summed E-state index contributed by atoms with van der Waals surface area (Å²) in [5.41, 5.74) is 3.91. The summed E-state index contributed by atoms with van der Waals surface area (Å²) < 4.78 is 5.57. The van der Waals surface area contributed by atoms with Gasteiger partial charge in [0.2, 0.25) is 5.91 Å². The molecule has 1 amide bonds. The van der Waals surface area contributed by atoms with Crippen LogP contribution in [-0.2, 0) is 34.0 Å². The molecule has 1 aliphatic rings. The van der Waals surface area contributed by atoms with Crippen LogP contribution in [0.4, 0.5) is 0 Å². The molecule has 7 nitrogen and oxygen atoms in total. The van der Waals surface area contributed by atoms with Gasteiger partial charge in [0.05, 0.1) is 18.7 Å². The number of carbonyl (C=O) groups excluding carboxylic acids is 2. The molecule has 4 aromatic carbocycles. The van der Waals surface area contributed by atoms with Crippen LogP contribution >= 0.6 is 0 Å². The van der Waals surface area contributed by atoms with Crippen molar-refractivity contribution in [3.63, 3.8) is 0 Å². The molecule has 0 spiro atoms. The number of carbonyl (C=O) groups is 2. The van der Waals surface area contributed by atoms with Gasteiger partial charge in [-0.2, -0.15) is 0 Å². The van der Waals surface area contributed by atoms with E-state index in [1.165, 1.54) is 0 Å². The van der Waals surface area contributed by atoms with E-state index in [1.807, 2.05) is 102 Å². The highest BCUT2D eigenvalue weighted by Crippen LogP contribution is 2.29. The van der Waals surface area contributed by atoms with Crippen molar-refractivity contribution in [3.05, 3.63) is 144 Å². The van der Waals surface area contributed by atoms with E-state index in [1.54, 1.807) is 0 Å². The third-order valence-corrected chi connectivity index (χ3v) is 7.91. The van der Waals surface area contributed by atoms with Gasteiger partial charge in [0.25, 0.3) is 0 Å². The van der Waals surface area contributed by atoms with Gasteiger partial charge in [0.1, 0.15) is 6.61 Å². The number of rotatable bonds is 13. The van der Waals surface area contributed by atoms with Gasteiger partial charge in [-0.3, -0.25) is 19.4 Å².